The van der Waals surface area contributed by atoms with Gasteiger partial charge in [-0.15, -0.1) is 11.3 Å². The van der Waals surface area contributed by atoms with Crippen LogP contribution in [0.3, 0.4) is 0 Å². The van der Waals surface area contributed by atoms with E-state index >= 15 is 0 Å². The Morgan fingerprint density at radius 1 is 1.09 bits per heavy atom. The van der Waals surface area contributed by atoms with E-state index in [0.29, 0.717) is 9.88 Å². The number of amides is 2. The Morgan fingerprint density at radius 3 is 2.27 bits per heavy atom. The summed E-state index contributed by atoms with van der Waals surface area (Å²) < 4.78 is 5.46. The Balaban J connectivity index is 1.30. The predicted octanol–water partition coefficient (Wildman–Crippen LogP) is 3.69. The standard InChI is InChI=1S/C24H23N3O5S/c1-13(22(28)25-11-20-27-21(23(29)30)14(2)33-20)26-24(31)32-12-19-17-9-5-3-7-15(17)16-8-4-6-10-18(16)19/h3-10,13,19H,11-12H2,1-2H3,(H,25,28)(H,26,31)(H,29,30)/t13-/m0/s1. The van der Waals surface area contributed by atoms with E-state index in [-0.39, 0.29) is 24.8 Å². The lowest BCUT2D eigenvalue weighted by atomic mass is 9.98. The van der Waals surface area contributed by atoms with Gasteiger partial charge < -0.3 is 20.5 Å². The second-order valence-electron chi connectivity index (χ2n) is 7.73. The number of ether oxygens (including phenoxy) is 1. The van der Waals surface area contributed by atoms with Gasteiger partial charge in [0.25, 0.3) is 0 Å². The molecule has 1 aliphatic rings. The Kier molecular flexibility index (Phi) is 6.41. The normalized spacial score (nSPS) is 13.0. The van der Waals surface area contributed by atoms with E-state index < -0.39 is 24.0 Å². The van der Waals surface area contributed by atoms with Gasteiger partial charge in [0.15, 0.2) is 5.69 Å². The SMILES string of the molecule is Cc1sc(CNC(=O)[C@H](C)NC(=O)OCC2c3ccccc3-c3ccccc32)nc1C(=O)O. The molecule has 0 fully saturated rings. The van der Waals surface area contributed by atoms with Crippen molar-refractivity contribution in [2.45, 2.75) is 32.4 Å². The summed E-state index contributed by atoms with van der Waals surface area (Å²) in [6.45, 7) is 3.44. The van der Waals surface area contributed by atoms with Gasteiger partial charge in [-0.25, -0.2) is 14.6 Å². The average Bonchev–Trinajstić information content (AvgIpc) is 3.33. The Labute approximate surface area is 194 Å². The average molecular weight is 466 g/mol. The first-order valence-electron chi connectivity index (χ1n) is 10.4. The Morgan fingerprint density at radius 2 is 1.70 bits per heavy atom. The van der Waals surface area contributed by atoms with E-state index in [1.807, 2.05) is 36.4 Å². The first-order chi connectivity index (χ1) is 15.8. The van der Waals surface area contributed by atoms with Crippen molar-refractivity contribution in [3.8, 4) is 11.1 Å². The number of nitrogens with one attached hydrogen (secondary N) is 2. The number of benzene rings is 2. The van der Waals surface area contributed by atoms with Gasteiger partial charge in [0.2, 0.25) is 5.91 Å². The van der Waals surface area contributed by atoms with Gasteiger partial charge in [-0.2, -0.15) is 0 Å². The molecule has 4 rings (SSSR count). The molecule has 1 aromatic heterocycles. The molecule has 0 bridgehead atoms. The maximum absolute atomic E-state index is 12.3. The molecule has 170 valence electrons. The summed E-state index contributed by atoms with van der Waals surface area (Å²) in [6.07, 6.45) is -0.683. The number of nitrogens with zero attached hydrogens (tertiary/aromatic N) is 1. The van der Waals surface area contributed by atoms with Crippen molar-refractivity contribution in [1.29, 1.82) is 0 Å². The fraction of sp³-hybridized carbons (Fsp3) is 0.250. The van der Waals surface area contributed by atoms with Crippen LogP contribution in [-0.4, -0.2) is 40.7 Å². The van der Waals surface area contributed by atoms with Crippen LogP contribution in [0.1, 0.15) is 44.3 Å². The van der Waals surface area contributed by atoms with Gasteiger partial charge >= 0.3 is 12.1 Å². The van der Waals surface area contributed by atoms with E-state index in [2.05, 4.69) is 27.8 Å². The number of carbonyl (C=O) groups is 3. The summed E-state index contributed by atoms with van der Waals surface area (Å²) in [5.74, 6) is -1.59. The molecular weight excluding hydrogens is 442 g/mol. The number of carboxylic acids is 1. The second-order valence-corrected chi connectivity index (χ2v) is 9.01. The van der Waals surface area contributed by atoms with Crippen LogP contribution in [0.25, 0.3) is 11.1 Å². The minimum atomic E-state index is -1.10. The summed E-state index contributed by atoms with van der Waals surface area (Å²) in [5, 5.41) is 14.7. The van der Waals surface area contributed by atoms with Crippen LogP contribution >= 0.6 is 11.3 Å². The molecular formula is C24H23N3O5S. The third kappa shape index (κ3) is 4.73. The maximum atomic E-state index is 12.3. The van der Waals surface area contributed by atoms with E-state index in [1.165, 1.54) is 11.3 Å². The summed E-state index contributed by atoms with van der Waals surface area (Å²) in [6, 6.07) is 15.3. The molecule has 0 aliphatic heterocycles. The van der Waals surface area contributed by atoms with E-state index in [1.54, 1.807) is 13.8 Å². The number of hydrogen-bond donors (Lipinski definition) is 3. The first kappa shape index (κ1) is 22.5. The minimum Gasteiger partial charge on any atom is -0.476 e. The molecule has 3 aromatic rings. The van der Waals surface area contributed by atoms with Crippen LogP contribution in [0.15, 0.2) is 48.5 Å². The van der Waals surface area contributed by atoms with Crippen molar-refractivity contribution in [2.75, 3.05) is 6.61 Å². The zero-order valence-electron chi connectivity index (χ0n) is 18.1. The number of aryl methyl sites for hydroxylation is 1. The third-order valence-corrected chi connectivity index (χ3v) is 6.50. The molecule has 0 radical (unpaired) electrons. The van der Waals surface area contributed by atoms with Crippen molar-refractivity contribution in [3.05, 3.63) is 75.2 Å². The zero-order chi connectivity index (χ0) is 23.5. The highest BCUT2D eigenvalue weighted by Gasteiger charge is 2.29. The zero-order valence-corrected chi connectivity index (χ0v) is 18.9. The first-order valence-corrected chi connectivity index (χ1v) is 11.3. The Hall–Kier alpha value is -3.72. The van der Waals surface area contributed by atoms with Crippen molar-refractivity contribution in [3.63, 3.8) is 0 Å². The molecule has 8 nitrogen and oxygen atoms in total. The molecule has 1 heterocycles. The smallest absolute Gasteiger partial charge is 0.407 e. The summed E-state index contributed by atoms with van der Waals surface area (Å²) in [4.78, 5) is 40.4. The second kappa shape index (κ2) is 9.41. The molecule has 0 unspecified atom stereocenters. The van der Waals surface area contributed by atoms with Gasteiger partial charge in [-0.3, -0.25) is 4.79 Å². The number of carboxylic acid groups (broad SMARTS) is 1. The molecule has 2 amide bonds. The highest BCUT2D eigenvalue weighted by molar-refractivity contribution is 7.11. The molecule has 33 heavy (non-hydrogen) atoms. The Bertz CT molecular complexity index is 1180. The van der Waals surface area contributed by atoms with E-state index in [0.717, 1.165) is 22.3 Å². The number of aromatic carboxylic acids is 1. The van der Waals surface area contributed by atoms with Gasteiger partial charge in [-0.1, -0.05) is 48.5 Å². The number of fused-ring (bicyclic) bond motifs is 3. The molecule has 0 spiro atoms. The maximum Gasteiger partial charge on any atom is 0.407 e. The molecule has 1 aliphatic carbocycles. The number of aromatic nitrogens is 1. The number of carbonyl (C=O) groups excluding carboxylic acids is 2. The predicted molar refractivity (Wildman–Crippen MR) is 123 cm³/mol. The molecule has 9 heteroatoms. The lowest BCUT2D eigenvalue weighted by Gasteiger charge is -2.17. The lowest BCUT2D eigenvalue weighted by Crippen LogP contribution is -2.45. The van der Waals surface area contributed by atoms with E-state index in [9.17, 15) is 14.4 Å². The molecule has 2 aromatic carbocycles. The number of alkyl carbamates (subject to hydrolysis) is 1. The van der Waals surface area contributed by atoms with Crippen LogP contribution in [0.4, 0.5) is 4.79 Å². The van der Waals surface area contributed by atoms with Gasteiger partial charge in [0.1, 0.15) is 17.7 Å². The number of hydrogen-bond acceptors (Lipinski definition) is 6. The quantitative estimate of drug-likeness (QED) is 0.490. The number of thiazole rings is 1. The molecule has 0 saturated carbocycles. The van der Waals surface area contributed by atoms with Crippen LogP contribution in [0.2, 0.25) is 0 Å². The molecule has 0 saturated heterocycles. The van der Waals surface area contributed by atoms with Crippen molar-refractivity contribution in [2.24, 2.45) is 0 Å². The van der Waals surface area contributed by atoms with Gasteiger partial charge in [0, 0.05) is 10.8 Å². The third-order valence-electron chi connectivity index (χ3n) is 5.53. The minimum absolute atomic E-state index is 0.0194. The number of rotatable bonds is 7. The van der Waals surface area contributed by atoms with Crippen LogP contribution < -0.4 is 10.6 Å². The van der Waals surface area contributed by atoms with Crippen LogP contribution in [-0.2, 0) is 16.1 Å². The largest absolute Gasteiger partial charge is 0.476 e. The van der Waals surface area contributed by atoms with Gasteiger partial charge in [0.05, 0.1) is 6.54 Å². The highest BCUT2D eigenvalue weighted by atomic mass is 32.1. The van der Waals surface area contributed by atoms with E-state index in [4.69, 9.17) is 9.84 Å². The van der Waals surface area contributed by atoms with Gasteiger partial charge in [-0.05, 0) is 36.1 Å². The molecule has 3 N–H and O–H groups in total. The topological polar surface area (TPSA) is 118 Å². The van der Waals surface area contributed by atoms with Crippen molar-refractivity contribution in [1.82, 2.24) is 15.6 Å². The van der Waals surface area contributed by atoms with Crippen LogP contribution in [0.5, 0.6) is 0 Å². The fourth-order valence-electron chi connectivity index (χ4n) is 3.92. The monoisotopic (exact) mass is 465 g/mol. The van der Waals surface area contributed by atoms with Crippen LogP contribution in [0, 0.1) is 6.92 Å². The lowest BCUT2D eigenvalue weighted by molar-refractivity contribution is -0.122. The highest BCUT2D eigenvalue weighted by Crippen LogP contribution is 2.44. The van der Waals surface area contributed by atoms with Crippen molar-refractivity contribution >= 4 is 29.3 Å². The molecule has 1 atom stereocenters. The summed E-state index contributed by atoms with van der Waals surface area (Å²) in [5.41, 5.74) is 4.47. The summed E-state index contributed by atoms with van der Waals surface area (Å²) in [7, 11) is 0. The van der Waals surface area contributed by atoms with Crippen molar-refractivity contribution < 1.29 is 24.2 Å². The fourth-order valence-corrected chi connectivity index (χ4v) is 4.79. The summed E-state index contributed by atoms with van der Waals surface area (Å²) >= 11 is 1.20.